The Kier molecular flexibility index (Phi) is 85.3. The fraction of sp³-hybridized carbons (Fsp3) is 0.646. The van der Waals surface area contributed by atoms with Crippen LogP contribution in [-0.2, 0) is 55.8 Å². The zero-order chi connectivity index (χ0) is 85.1. The highest BCUT2D eigenvalue weighted by Crippen LogP contribution is 2.45. The Hall–Kier alpha value is -5.61. The normalized spacial score (nSPS) is 14.7. The third-order valence-corrected chi connectivity index (χ3v) is 20.7. The largest absolute Gasteiger partial charge is 0.472 e. The van der Waals surface area contributed by atoms with E-state index >= 15 is 0 Å². The number of hydrogen-bond acceptors (Lipinski definition) is 14. The van der Waals surface area contributed by atoms with Crippen molar-refractivity contribution < 1.29 is 75.8 Å². The van der Waals surface area contributed by atoms with E-state index in [2.05, 4.69) is 215 Å². The van der Waals surface area contributed by atoms with E-state index in [-0.39, 0.29) is 19.3 Å². The molecule has 0 aromatic rings. The number of carbonyl (C=O) groups excluding carboxylic acids is 3. The molecule has 0 bridgehead atoms. The second-order valence-electron chi connectivity index (χ2n) is 30.0. The van der Waals surface area contributed by atoms with Gasteiger partial charge >= 0.3 is 33.6 Å². The molecule has 0 amide bonds. The average Bonchev–Trinajstić information content (AvgIpc) is 0.954. The summed E-state index contributed by atoms with van der Waals surface area (Å²) in [5.41, 5.74) is 0. The fourth-order valence-corrected chi connectivity index (χ4v) is 13.6. The average molecular weight is 1670 g/mol. The molecule has 0 spiro atoms. The van der Waals surface area contributed by atoms with Crippen molar-refractivity contribution in [2.24, 2.45) is 0 Å². The van der Waals surface area contributed by atoms with Crippen LogP contribution >= 0.6 is 15.6 Å². The third kappa shape index (κ3) is 91.0. The summed E-state index contributed by atoms with van der Waals surface area (Å²) >= 11 is 0. The number of hydrogen-bond donors (Lipinski definition) is 4. The molecular formula is C99H164O16P2. The lowest BCUT2D eigenvalue weighted by atomic mass is 10.0. The van der Waals surface area contributed by atoms with E-state index < -0.39 is 91.5 Å². The molecule has 0 aromatic carbocycles. The maximum Gasteiger partial charge on any atom is 0.472 e. The summed E-state index contributed by atoms with van der Waals surface area (Å²) in [6.07, 6.45) is 119. The summed E-state index contributed by atoms with van der Waals surface area (Å²) in [6, 6.07) is 0. The van der Waals surface area contributed by atoms with Gasteiger partial charge in [-0.25, -0.2) is 9.13 Å². The van der Waals surface area contributed by atoms with Crippen LogP contribution in [0.4, 0.5) is 0 Å². The van der Waals surface area contributed by atoms with Crippen LogP contribution in [0.5, 0.6) is 0 Å². The van der Waals surface area contributed by atoms with Crippen LogP contribution < -0.4 is 0 Å². The van der Waals surface area contributed by atoms with Crippen molar-refractivity contribution >= 4 is 33.6 Å². The predicted molar refractivity (Wildman–Crippen MR) is 491 cm³/mol. The quantitative estimate of drug-likeness (QED) is 0.0146. The summed E-state index contributed by atoms with van der Waals surface area (Å²) in [5.74, 6) is -1.63. The predicted octanol–water partition coefficient (Wildman–Crippen LogP) is 28.2. The van der Waals surface area contributed by atoms with Gasteiger partial charge < -0.3 is 34.2 Å². The van der Waals surface area contributed by atoms with Gasteiger partial charge in [0.2, 0.25) is 0 Å². The molecule has 0 rings (SSSR count). The van der Waals surface area contributed by atoms with Crippen LogP contribution in [0.15, 0.2) is 194 Å². The molecule has 4 N–H and O–H groups in total. The molecule has 0 aliphatic carbocycles. The Morgan fingerprint density at radius 1 is 0.239 bits per heavy atom. The second kappa shape index (κ2) is 89.6. The van der Waals surface area contributed by atoms with Gasteiger partial charge in [-0.05, 0) is 161 Å². The molecule has 0 radical (unpaired) electrons. The summed E-state index contributed by atoms with van der Waals surface area (Å²) < 4.78 is 61.4. The number of allylic oxidation sites excluding steroid dienone is 32. The number of unbranched alkanes of at least 4 members (excludes halogenated alkanes) is 30. The van der Waals surface area contributed by atoms with Gasteiger partial charge in [0.05, 0.1) is 26.4 Å². The zero-order valence-electron chi connectivity index (χ0n) is 73.3. The van der Waals surface area contributed by atoms with E-state index in [4.69, 9.17) is 32.3 Å². The molecule has 666 valence electrons. The summed E-state index contributed by atoms with van der Waals surface area (Å²) in [5, 5.41) is 20.7. The van der Waals surface area contributed by atoms with Gasteiger partial charge in [0.25, 0.3) is 0 Å². The van der Waals surface area contributed by atoms with Crippen molar-refractivity contribution in [3.05, 3.63) is 194 Å². The lowest BCUT2D eigenvalue weighted by molar-refractivity contribution is -0.161. The number of phosphoric acid groups is 2. The van der Waals surface area contributed by atoms with Crippen LogP contribution in [0.3, 0.4) is 0 Å². The van der Waals surface area contributed by atoms with Crippen molar-refractivity contribution in [1.29, 1.82) is 0 Å². The van der Waals surface area contributed by atoms with Gasteiger partial charge in [0.15, 0.2) is 6.10 Å². The molecule has 0 aliphatic heterocycles. The highest BCUT2D eigenvalue weighted by atomic mass is 31.2. The van der Waals surface area contributed by atoms with Crippen LogP contribution in [-0.4, -0.2) is 95.9 Å². The Balaban J connectivity index is 4.60. The Morgan fingerprint density at radius 3 is 0.692 bits per heavy atom. The van der Waals surface area contributed by atoms with E-state index in [1.165, 1.54) is 128 Å². The summed E-state index contributed by atoms with van der Waals surface area (Å²) in [7, 11) is -9.83. The van der Waals surface area contributed by atoms with Crippen LogP contribution in [0.2, 0.25) is 0 Å². The molecule has 5 atom stereocenters. The Bertz CT molecular complexity index is 2910. The highest BCUT2D eigenvalue weighted by Gasteiger charge is 2.29. The Labute approximate surface area is 712 Å². The van der Waals surface area contributed by atoms with Crippen LogP contribution in [0, 0.1) is 0 Å². The number of phosphoric ester groups is 2. The minimum Gasteiger partial charge on any atom is -0.463 e. The minimum atomic E-state index is -4.96. The first-order valence-corrected chi connectivity index (χ1v) is 48.7. The first kappa shape index (κ1) is 111. The van der Waals surface area contributed by atoms with Gasteiger partial charge in [-0.2, -0.15) is 0 Å². The number of carbonyl (C=O) groups is 3. The smallest absolute Gasteiger partial charge is 0.463 e. The maximum atomic E-state index is 13.0. The van der Waals surface area contributed by atoms with Crippen molar-refractivity contribution in [3.8, 4) is 0 Å². The van der Waals surface area contributed by atoms with Gasteiger partial charge in [0.1, 0.15) is 25.4 Å². The van der Waals surface area contributed by atoms with E-state index in [1.807, 2.05) is 0 Å². The molecular weight excluding hydrogens is 1510 g/mol. The highest BCUT2D eigenvalue weighted by molar-refractivity contribution is 7.47. The molecule has 16 nitrogen and oxygen atoms in total. The third-order valence-electron chi connectivity index (χ3n) is 18.8. The van der Waals surface area contributed by atoms with E-state index in [0.29, 0.717) is 25.7 Å². The first-order valence-electron chi connectivity index (χ1n) is 45.7. The molecule has 0 aliphatic rings. The van der Waals surface area contributed by atoms with E-state index in [1.54, 1.807) is 0 Å². The standard InChI is InChI=1S/C99H164O16P2/c1-4-7-10-13-16-19-22-25-28-31-34-37-39-41-43-44-45-46-47-48-50-52-53-56-58-61-64-67-70-73-76-79-82-85-97(102)109-88-94(100)89-111-116(105,106)112-90-95(101)91-113-117(107,108)114-93-96(115-99(104)87-84-81-78-75-72-69-66-63-60-55-36-33-30-27-24-21-18-15-12-9-6-3)92-110-98(103)86-83-80-77-74-71-68-65-62-59-57-54-51-49-42-40-38-35-32-29-26-23-20-17-14-11-8-5-2/h7-12,16-21,25-30,34-38,41-43,49,55,63,66,72,75,94-96,100-101H,4-6,13-15,22-24,31-33,39-40,44-48,50-54,56-62,64-65,67-71,73-74,76-93H2,1-3H3,(H,105,106)(H,107,108)/b10-7-,11-8-,12-9-,19-16-,20-17-,21-18-,28-25-,29-26-,30-27-,37-34-,38-35-,43-41-,49-42-,55-36-,66-63-,75-72-. The molecule has 0 heterocycles. The van der Waals surface area contributed by atoms with Gasteiger partial charge in [-0.3, -0.25) is 32.5 Å². The van der Waals surface area contributed by atoms with Crippen molar-refractivity contribution in [2.75, 3.05) is 39.6 Å². The second-order valence-corrected chi connectivity index (χ2v) is 32.9. The minimum absolute atomic E-state index is 0.0428. The molecule has 18 heteroatoms. The molecule has 0 fully saturated rings. The van der Waals surface area contributed by atoms with Gasteiger partial charge in [-0.1, -0.05) is 369 Å². The summed E-state index contributed by atoms with van der Waals surface area (Å²) in [6.45, 7) is 2.31. The topological polar surface area (TPSA) is 231 Å². The van der Waals surface area contributed by atoms with E-state index in [9.17, 15) is 43.5 Å². The first-order chi connectivity index (χ1) is 57.2. The van der Waals surface area contributed by atoms with E-state index in [0.717, 1.165) is 161 Å². The lowest BCUT2D eigenvalue weighted by Crippen LogP contribution is -2.30. The monoisotopic (exact) mass is 1670 g/mol. The van der Waals surface area contributed by atoms with Crippen molar-refractivity contribution in [1.82, 2.24) is 0 Å². The number of aliphatic hydroxyl groups excluding tert-OH is 2. The van der Waals surface area contributed by atoms with Crippen LogP contribution in [0.1, 0.15) is 355 Å². The molecule has 0 aromatic heterocycles. The molecule has 117 heavy (non-hydrogen) atoms. The molecule has 5 unspecified atom stereocenters. The number of rotatable bonds is 85. The summed E-state index contributed by atoms with van der Waals surface area (Å²) in [4.78, 5) is 59.0. The fourth-order valence-electron chi connectivity index (χ4n) is 12.0. The number of esters is 3. The van der Waals surface area contributed by atoms with Gasteiger partial charge in [-0.15, -0.1) is 0 Å². The zero-order valence-corrected chi connectivity index (χ0v) is 75.1. The maximum absolute atomic E-state index is 13.0. The number of ether oxygens (including phenoxy) is 3. The van der Waals surface area contributed by atoms with Crippen molar-refractivity contribution in [3.63, 3.8) is 0 Å². The van der Waals surface area contributed by atoms with Crippen molar-refractivity contribution in [2.45, 2.75) is 373 Å². The lowest BCUT2D eigenvalue weighted by Gasteiger charge is -2.21. The van der Waals surface area contributed by atoms with Gasteiger partial charge in [0, 0.05) is 19.3 Å². The molecule has 0 saturated carbocycles. The Morgan fingerprint density at radius 2 is 0.427 bits per heavy atom. The van der Waals surface area contributed by atoms with Crippen LogP contribution in [0.25, 0.3) is 0 Å². The number of aliphatic hydroxyl groups is 2. The SMILES string of the molecule is CC/C=C\C/C=C\C/C=C\C/C=C\C/C=C\C/C=C\CCCCC(=O)OC(COC(=O)CCCCCCCCCCCCC/C=C\C/C=C\C/C=C\C/C=C\C/C=C\CC)COP(=O)(O)OCC(O)COP(=O)(O)OCC(O)COC(=O)CCCCCCCCCCCCCCCCCCC/C=C\C/C=C\C/C=C\C/C=C\C/C=C\CC. The molecule has 0 saturated heterocycles.